The summed E-state index contributed by atoms with van der Waals surface area (Å²) in [6.45, 7) is 0. The van der Waals surface area contributed by atoms with Gasteiger partial charge in [-0.15, -0.1) is 22.7 Å². The van der Waals surface area contributed by atoms with Crippen LogP contribution in [0.1, 0.15) is 0 Å². The van der Waals surface area contributed by atoms with Gasteiger partial charge in [-0.2, -0.15) is 0 Å². The van der Waals surface area contributed by atoms with Crippen LogP contribution in [-0.4, -0.2) is 4.57 Å². The number of rotatable bonds is 3. The van der Waals surface area contributed by atoms with E-state index in [4.69, 9.17) is 0 Å². The Morgan fingerprint density at radius 3 is 1.89 bits per heavy atom. The Kier molecular flexibility index (Phi) is 5.39. The van der Waals surface area contributed by atoms with Crippen LogP contribution in [0.5, 0.6) is 0 Å². The number of fused-ring (bicyclic) bond motifs is 10. The van der Waals surface area contributed by atoms with Crippen molar-refractivity contribution in [3.63, 3.8) is 0 Å². The molecule has 3 heterocycles. The molecule has 0 unspecified atom stereocenters. The zero-order chi connectivity index (χ0) is 29.5. The second kappa shape index (κ2) is 9.64. The Morgan fingerprint density at radius 2 is 1.07 bits per heavy atom. The second-order valence-electron chi connectivity index (χ2n) is 11.7. The maximum atomic E-state index is 2.43. The lowest BCUT2D eigenvalue weighted by Crippen LogP contribution is -1.92. The first kappa shape index (κ1) is 25.1. The largest absolute Gasteiger partial charge is 0.308 e. The third-order valence-corrected chi connectivity index (χ3v) is 11.5. The first-order valence-corrected chi connectivity index (χ1v) is 16.9. The summed E-state index contributed by atoms with van der Waals surface area (Å²) in [7, 11) is 0. The minimum Gasteiger partial charge on any atom is -0.308 e. The highest BCUT2D eigenvalue weighted by Crippen LogP contribution is 2.44. The molecule has 10 rings (SSSR count). The van der Waals surface area contributed by atoms with Crippen LogP contribution in [0.2, 0.25) is 0 Å². The molecule has 0 aliphatic carbocycles. The van der Waals surface area contributed by atoms with Gasteiger partial charge in [0.15, 0.2) is 0 Å². The number of thiophene rings is 2. The van der Waals surface area contributed by atoms with Crippen molar-refractivity contribution < 1.29 is 0 Å². The second-order valence-corrected chi connectivity index (χ2v) is 13.9. The van der Waals surface area contributed by atoms with E-state index in [0.29, 0.717) is 0 Å². The average Bonchev–Trinajstić information content (AvgIpc) is 3.77. The number of nitrogens with zero attached hydrogens (tertiary/aromatic N) is 1. The number of hydrogen-bond donors (Lipinski definition) is 0. The number of benzene rings is 7. The highest BCUT2D eigenvalue weighted by atomic mass is 32.1. The summed E-state index contributed by atoms with van der Waals surface area (Å²) in [5.74, 6) is 0. The maximum absolute atomic E-state index is 2.43. The van der Waals surface area contributed by atoms with E-state index in [1.54, 1.807) is 0 Å². The molecule has 0 saturated heterocycles. The third-order valence-electron chi connectivity index (χ3n) is 9.18. The highest BCUT2D eigenvalue weighted by Gasteiger charge is 2.18. The zero-order valence-electron chi connectivity index (χ0n) is 24.2. The number of aromatic nitrogens is 1. The minimum absolute atomic E-state index is 1.20. The van der Waals surface area contributed by atoms with Crippen LogP contribution in [0.15, 0.2) is 152 Å². The topological polar surface area (TPSA) is 4.93 Å². The monoisotopic (exact) mass is 607 g/mol. The van der Waals surface area contributed by atoms with Gasteiger partial charge in [0.2, 0.25) is 0 Å². The molecule has 210 valence electrons. The van der Waals surface area contributed by atoms with E-state index >= 15 is 0 Å². The van der Waals surface area contributed by atoms with Gasteiger partial charge in [0.25, 0.3) is 0 Å². The van der Waals surface area contributed by atoms with E-state index in [1.165, 1.54) is 90.1 Å². The summed E-state index contributed by atoms with van der Waals surface area (Å²) in [5.41, 5.74) is 8.74. The van der Waals surface area contributed by atoms with Gasteiger partial charge in [0.05, 0.1) is 15.7 Å². The Balaban J connectivity index is 1.09. The standard InChI is InChI=1S/C42H25NS2/c1-2-12-31(13-3-1)43-36-16-7-6-15-33(36)42-41(43)35-21-18-30(25-39(35)45-42)28-11-8-10-27(23-28)29-17-20-34-38(24-29)44-37-22-19-26-9-4-5-14-32(26)40(34)37/h1-25H. The van der Waals surface area contributed by atoms with Gasteiger partial charge < -0.3 is 4.57 Å². The molecule has 0 atom stereocenters. The van der Waals surface area contributed by atoms with Gasteiger partial charge in [0, 0.05) is 41.3 Å². The first-order chi connectivity index (χ1) is 22.3. The van der Waals surface area contributed by atoms with Crippen molar-refractivity contribution in [1.82, 2.24) is 4.57 Å². The van der Waals surface area contributed by atoms with Crippen molar-refractivity contribution >= 4 is 84.8 Å². The molecule has 3 heteroatoms. The number of para-hydroxylation sites is 2. The van der Waals surface area contributed by atoms with E-state index in [2.05, 4.69) is 156 Å². The van der Waals surface area contributed by atoms with Gasteiger partial charge in [0.1, 0.15) is 0 Å². The molecule has 45 heavy (non-hydrogen) atoms. The molecule has 0 amide bonds. The van der Waals surface area contributed by atoms with E-state index in [0.717, 1.165) is 0 Å². The average molecular weight is 608 g/mol. The van der Waals surface area contributed by atoms with E-state index in [1.807, 2.05) is 22.7 Å². The predicted octanol–water partition coefficient (Wildman–Crippen LogP) is 12.9. The first-order valence-electron chi connectivity index (χ1n) is 15.3. The quantitative estimate of drug-likeness (QED) is 0.188. The van der Waals surface area contributed by atoms with Crippen LogP contribution in [0.25, 0.3) is 90.1 Å². The van der Waals surface area contributed by atoms with Crippen LogP contribution in [-0.2, 0) is 0 Å². The molecule has 0 fully saturated rings. The Bertz CT molecular complexity index is 2760. The van der Waals surface area contributed by atoms with Crippen LogP contribution >= 0.6 is 22.7 Å². The molecule has 0 N–H and O–H groups in total. The summed E-state index contributed by atoms with van der Waals surface area (Å²) in [6, 6.07) is 55.7. The highest BCUT2D eigenvalue weighted by molar-refractivity contribution is 7.27. The summed E-state index contributed by atoms with van der Waals surface area (Å²) in [4.78, 5) is 0. The van der Waals surface area contributed by atoms with Gasteiger partial charge in [-0.1, -0.05) is 109 Å². The van der Waals surface area contributed by atoms with Crippen molar-refractivity contribution in [3.05, 3.63) is 152 Å². The van der Waals surface area contributed by atoms with Crippen LogP contribution in [0.4, 0.5) is 0 Å². The van der Waals surface area contributed by atoms with Crippen molar-refractivity contribution in [2.75, 3.05) is 0 Å². The smallest absolute Gasteiger partial charge is 0.0727 e. The molecule has 0 saturated carbocycles. The molecule has 10 aromatic rings. The molecule has 7 aromatic carbocycles. The fourth-order valence-corrected chi connectivity index (χ4v) is 9.52. The SMILES string of the molecule is c1ccc(-n2c3ccccc3c3sc4cc(-c5cccc(-c6ccc7c(c6)sc6ccc8ccccc8c67)c5)ccc4c32)cc1. The fraction of sp³-hybridized carbons (Fsp3) is 0. The zero-order valence-corrected chi connectivity index (χ0v) is 25.8. The van der Waals surface area contributed by atoms with Gasteiger partial charge >= 0.3 is 0 Å². The molecule has 1 nitrogen and oxygen atoms in total. The van der Waals surface area contributed by atoms with Crippen LogP contribution < -0.4 is 0 Å². The van der Waals surface area contributed by atoms with Crippen molar-refractivity contribution in [1.29, 1.82) is 0 Å². The lowest BCUT2D eigenvalue weighted by molar-refractivity contribution is 1.19. The fourth-order valence-electron chi connectivity index (χ4n) is 7.10. The van der Waals surface area contributed by atoms with E-state index in [9.17, 15) is 0 Å². The normalized spacial score (nSPS) is 12.0. The molecule has 0 spiro atoms. The van der Waals surface area contributed by atoms with Crippen molar-refractivity contribution in [3.8, 4) is 27.9 Å². The summed E-state index contributed by atoms with van der Waals surface area (Å²) in [6.07, 6.45) is 0. The van der Waals surface area contributed by atoms with Crippen LogP contribution in [0.3, 0.4) is 0 Å². The molecule has 3 aromatic heterocycles. The molecular formula is C42H25NS2. The Hall–Kier alpha value is -5.22. The molecule has 0 radical (unpaired) electrons. The third kappa shape index (κ3) is 3.78. The van der Waals surface area contributed by atoms with E-state index < -0.39 is 0 Å². The predicted molar refractivity (Wildman–Crippen MR) is 197 cm³/mol. The maximum Gasteiger partial charge on any atom is 0.0727 e. The Labute approximate surface area is 267 Å². The van der Waals surface area contributed by atoms with E-state index in [-0.39, 0.29) is 0 Å². The van der Waals surface area contributed by atoms with Gasteiger partial charge in [-0.3, -0.25) is 0 Å². The van der Waals surface area contributed by atoms with Gasteiger partial charge in [-0.25, -0.2) is 0 Å². The number of hydrogen-bond acceptors (Lipinski definition) is 2. The van der Waals surface area contributed by atoms with Crippen molar-refractivity contribution in [2.24, 2.45) is 0 Å². The summed E-state index contributed by atoms with van der Waals surface area (Å²) >= 11 is 3.79. The van der Waals surface area contributed by atoms with Crippen LogP contribution in [0, 0.1) is 0 Å². The minimum atomic E-state index is 1.20. The molecule has 0 aliphatic rings. The van der Waals surface area contributed by atoms with Crippen molar-refractivity contribution in [2.45, 2.75) is 0 Å². The molecule has 0 aliphatic heterocycles. The lowest BCUT2D eigenvalue weighted by Gasteiger charge is -2.09. The molecular weight excluding hydrogens is 583 g/mol. The molecule has 0 bridgehead atoms. The van der Waals surface area contributed by atoms with Gasteiger partial charge in [-0.05, 0) is 75.5 Å². The lowest BCUT2D eigenvalue weighted by atomic mass is 9.97. The Morgan fingerprint density at radius 1 is 0.400 bits per heavy atom. The summed E-state index contributed by atoms with van der Waals surface area (Å²) in [5, 5.41) is 7.96. The summed E-state index contributed by atoms with van der Waals surface area (Å²) < 4.78 is 7.77.